The minimum absolute atomic E-state index is 0.301. The molecule has 1 saturated heterocycles. The van der Waals surface area contributed by atoms with Gasteiger partial charge in [0.2, 0.25) is 0 Å². The Hall–Kier alpha value is -3.08. The maximum atomic E-state index is 10.2. The maximum Gasteiger partial charge on any atom is 0.116 e. The Morgan fingerprint density at radius 2 is 0.941 bits per heavy atom. The summed E-state index contributed by atoms with van der Waals surface area (Å²) in [5.74, 6) is 0.601. The molecule has 1 heterocycles. The number of rotatable bonds is 12. The first-order valence-electron chi connectivity index (χ1n) is 12.0. The van der Waals surface area contributed by atoms with Gasteiger partial charge in [-0.3, -0.25) is 9.80 Å². The van der Waals surface area contributed by atoms with Crippen LogP contribution in [0.25, 0.3) is 0 Å². The van der Waals surface area contributed by atoms with Gasteiger partial charge in [-0.05, 0) is 89.8 Å². The van der Waals surface area contributed by atoms with Crippen molar-refractivity contribution >= 4 is 0 Å². The van der Waals surface area contributed by atoms with E-state index in [-0.39, 0.29) is 0 Å². The highest BCUT2D eigenvalue weighted by molar-refractivity contribution is 5.44. The van der Waals surface area contributed by atoms with Gasteiger partial charge < -0.3 is 10.2 Å². The van der Waals surface area contributed by atoms with Gasteiger partial charge in [0.25, 0.3) is 0 Å². The van der Waals surface area contributed by atoms with E-state index in [0.717, 1.165) is 87.2 Å². The molecule has 4 nitrogen and oxygen atoms in total. The van der Waals surface area contributed by atoms with Gasteiger partial charge in [0.15, 0.2) is 0 Å². The third-order valence-corrected chi connectivity index (χ3v) is 6.41. The summed E-state index contributed by atoms with van der Waals surface area (Å²) in [4.78, 5) is 4.96. The van der Waals surface area contributed by atoms with Crippen molar-refractivity contribution in [1.82, 2.24) is 9.80 Å². The van der Waals surface area contributed by atoms with Crippen molar-refractivity contribution in [3.8, 4) is 11.5 Å². The highest BCUT2D eigenvalue weighted by Crippen LogP contribution is 2.28. The van der Waals surface area contributed by atoms with E-state index in [9.17, 15) is 10.2 Å². The minimum atomic E-state index is 0.301. The zero-order valence-corrected chi connectivity index (χ0v) is 20.3. The maximum absolute atomic E-state index is 10.2. The van der Waals surface area contributed by atoms with E-state index in [1.165, 1.54) is 11.1 Å². The third kappa shape index (κ3) is 6.49. The number of benzene rings is 2. The van der Waals surface area contributed by atoms with Gasteiger partial charge in [-0.25, -0.2) is 0 Å². The quantitative estimate of drug-likeness (QED) is 0.402. The molecule has 0 aromatic heterocycles. The first-order chi connectivity index (χ1) is 16.5. The summed E-state index contributed by atoms with van der Waals surface area (Å²) in [6.07, 6.45) is 11.6. The van der Waals surface area contributed by atoms with E-state index in [1.54, 1.807) is 0 Å². The van der Waals surface area contributed by atoms with Gasteiger partial charge in [0, 0.05) is 26.2 Å². The first kappa shape index (κ1) is 25.5. The predicted octanol–water partition coefficient (Wildman–Crippen LogP) is 5.68. The van der Waals surface area contributed by atoms with Crippen molar-refractivity contribution in [2.45, 2.75) is 45.2 Å². The fourth-order valence-corrected chi connectivity index (χ4v) is 4.96. The van der Waals surface area contributed by atoms with E-state index < -0.39 is 0 Å². The van der Waals surface area contributed by atoms with Crippen LogP contribution in [0.1, 0.15) is 39.8 Å². The Balaban J connectivity index is 1.84. The Morgan fingerprint density at radius 1 is 0.618 bits per heavy atom. The van der Waals surface area contributed by atoms with Crippen LogP contribution in [0.4, 0.5) is 0 Å². The van der Waals surface area contributed by atoms with E-state index in [4.69, 9.17) is 0 Å². The first-order valence-corrected chi connectivity index (χ1v) is 12.0. The molecule has 2 N–H and O–H groups in total. The van der Waals surface area contributed by atoms with Gasteiger partial charge in [-0.2, -0.15) is 0 Å². The van der Waals surface area contributed by atoms with Crippen LogP contribution >= 0.6 is 0 Å². The second kappa shape index (κ2) is 12.4. The average Bonchev–Trinajstić information content (AvgIpc) is 2.79. The molecule has 4 heteroatoms. The van der Waals surface area contributed by atoms with Crippen LogP contribution in [0.3, 0.4) is 0 Å². The lowest BCUT2D eigenvalue weighted by Crippen LogP contribution is -2.44. The number of phenols is 2. The standard InChI is InChI=1S/C30H38N2O2/c1-5-10-23-16-27(33)17-24(11-6-2)29(23)20-31-14-9-15-32(22-31)21-30-25(12-7-3)18-28(34)19-26(30)13-8-4/h5-8,16-19,33-34H,1-4,9-15,20-22H2. The van der Waals surface area contributed by atoms with Crippen molar-refractivity contribution in [1.29, 1.82) is 0 Å². The molecule has 0 radical (unpaired) electrons. The molecule has 0 bridgehead atoms. The summed E-state index contributed by atoms with van der Waals surface area (Å²) >= 11 is 0. The molecule has 0 spiro atoms. The lowest BCUT2D eigenvalue weighted by molar-refractivity contribution is 0.0739. The van der Waals surface area contributed by atoms with E-state index in [2.05, 4.69) is 36.1 Å². The van der Waals surface area contributed by atoms with E-state index in [1.807, 2.05) is 48.6 Å². The summed E-state index contributed by atoms with van der Waals surface area (Å²) < 4.78 is 0. The molecular formula is C30H38N2O2. The highest BCUT2D eigenvalue weighted by atomic mass is 16.3. The molecule has 0 aliphatic carbocycles. The van der Waals surface area contributed by atoms with Crippen molar-refractivity contribution in [2.75, 3.05) is 19.8 Å². The van der Waals surface area contributed by atoms with Gasteiger partial charge in [-0.15, -0.1) is 26.3 Å². The highest BCUT2D eigenvalue weighted by Gasteiger charge is 2.22. The average molecular weight is 459 g/mol. The molecule has 0 unspecified atom stereocenters. The molecule has 34 heavy (non-hydrogen) atoms. The van der Waals surface area contributed by atoms with Gasteiger partial charge in [0.1, 0.15) is 11.5 Å². The lowest BCUT2D eigenvalue weighted by atomic mass is 9.94. The molecule has 1 aliphatic heterocycles. The summed E-state index contributed by atoms with van der Waals surface area (Å²) in [7, 11) is 0. The monoisotopic (exact) mass is 458 g/mol. The predicted molar refractivity (Wildman–Crippen MR) is 142 cm³/mol. The normalized spacial score (nSPS) is 14.6. The smallest absolute Gasteiger partial charge is 0.116 e. The van der Waals surface area contributed by atoms with Gasteiger partial charge in [0.05, 0.1) is 6.67 Å². The van der Waals surface area contributed by atoms with Crippen LogP contribution in [0, 0.1) is 0 Å². The number of hydrogen-bond donors (Lipinski definition) is 2. The van der Waals surface area contributed by atoms with E-state index in [0.29, 0.717) is 11.5 Å². The molecule has 2 aromatic rings. The zero-order valence-electron chi connectivity index (χ0n) is 20.3. The van der Waals surface area contributed by atoms with Crippen molar-refractivity contribution < 1.29 is 10.2 Å². The summed E-state index contributed by atoms with van der Waals surface area (Å²) in [6, 6.07) is 7.46. The molecule has 1 aliphatic rings. The zero-order chi connectivity index (χ0) is 24.5. The number of hydrogen-bond acceptors (Lipinski definition) is 4. The molecule has 0 saturated carbocycles. The second-order valence-electron chi connectivity index (χ2n) is 9.06. The Labute approximate surface area is 204 Å². The molecule has 180 valence electrons. The topological polar surface area (TPSA) is 46.9 Å². The number of nitrogens with zero attached hydrogens (tertiary/aromatic N) is 2. The third-order valence-electron chi connectivity index (χ3n) is 6.41. The van der Waals surface area contributed by atoms with Crippen molar-refractivity contribution in [3.05, 3.63) is 108 Å². The van der Waals surface area contributed by atoms with Crippen LogP contribution in [-0.4, -0.2) is 39.8 Å². The van der Waals surface area contributed by atoms with Crippen molar-refractivity contribution in [2.24, 2.45) is 0 Å². The summed E-state index contributed by atoms with van der Waals surface area (Å²) in [5.41, 5.74) is 7.05. The molecule has 0 amide bonds. The van der Waals surface area contributed by atoms with Crippen LogP contribution in [0.5, 0.6) is 11.5 Å². The largest absolute Gasteiger partial charge is 0.508 e. The Kier molecular flexibility index (Phi) is 9.32. The van der Waals surface area contributed by atoms with Crippen LogP contribution in [0.15, 0.2) is 74.9 Å². The van der Waals surface area contributed by atoms with Crippen molar-refractivity contribution in [3.63, 3.8) is 0 Å². The van der Waals surface area contributed by atoms with Gasteiger partial charge >= 0.3 is 0 Å². The van der Waals surface area contributed by atoms with Crippen LogP contribution < -0.4 is 0 Å². The SMILES string of the molecule is C=CCc1cc(O)cc(CC=C)c1CN1CCCN(Cc2c(CC=C)cc(O)cc2CC=C)C1. The minimum Gasteiger partial charge on any atom is -0.508 e. The van der Waals surface area contributed by atoms with Gasteiger partial charge in [-0.1, -0.05) is 24.3 Å². The number of phenolic OH excluding ortho intramolecular Hbond substituents is 2. The Bertz CT molecular complexity index is 897. The lowest BCUT2D eigenvalue weighted by Gasteiger charge is -2.37. The molecule has 3 rings (SSSR count). The molecule has 1 fully saturated rings. The second-order valence-corrected chi connectivity index (χ2v) is 9.06. The number of aromatic hydroxyl groups is 2. The van der Waals surface area contributed by atoms with Crippen LogP contribution in [0.2, 0.25) is 0 Å². The molecule has 2 aromatic carbocycles. The summed E-state index contributed by atoms with van der Waals surface area (Å²) in [6.45, 7) is 20.2. The van der Waals surface area contributed by atoms with E-state index >= 15 is 0 Å². The molecular weight excluding hydrogens is 420 g/mol. The number of allylic oxidation sites excluding steroid dienone is 4. The fourth-order valence-electron chi connectivity index (χ4n) is 4.96. The van der Waals surface area contributed by atoms with Crippen LogP contribution in [-0.2, 0) is 38.8 Å². The Morgan fingerprint density at radius 3 is 1.24 bits per heavy atom. The molecule has 0 atom stereocenters. The fraction of sp³-hybridized carbons (Fsp3) is 0.333. The summed E-state index contributed by atoms with van der Waals surface area (Å²) in [5, 5.41) is 20.4.